The summed E-state index contributed by atoms with van der Waals surface area (Å²) in [6.45, 7) is -1.04. The molecule has 2 aromatic carbocycles. The average Bonchev–Trinajstić information content (AvgIpc) is 3.59. The number of nitrogens with one attached hydrogen (secondary N) is 1. The van der Waals surface area contributed by atoms with Gasteiger partial charge >= 0.3 is 18.3 Å². The van der Waals surface area contributed by atoms with Gasteiger partial charge in [-0.15, -0.1) is 11.3 Å². The Labute approximate surface area is 279 Å². The first-order chi connectivity index (χ1) is 22.3. The number of aromatic carboxylic acids is 1. The molecule has 3 aromatic rings. The zero-order chi connectivity index (χ0) is 35.7. The number of nitrogens with zero attached hydrogens (tertiary/aromatic N) is 1. The third kappa shape index (κ3) is 8.23. The fourth-order valence-corrected chi connectivity index (χ4v) is 6.65. The van der Waals surface area contributed by atoms with E-state index < -0.39 is 77.8 Å². The maximum absolute atomic E-state index is 13.5. The summed E-state index contributed by atoms with van der Waals surface area (Å²) in [5, 5.41) is 53.2. The number of anilines is 1. The summed E-state index contributed by atoms with van der Waals surface area (Å²) in [7, 11) is 0. The molecule has 4 rings (SSSR count). The number of halogens is 6. The largest absolute Gasteiger partial charge is 0.478 e. The quantitative estimate of drug-likeness (QED) is 0.0996. The number of hydrogen-bond acceptors (Lipinski definition) is 10. The number of thiophene rings is 1. The van der Waals surface area contributed by atoms with Crippen LogP contribution < -0.4 is 5.32 Å². The number of carboxylic acid groups (broad SMARTS) is 1. The molecule has 256 valence electrons. The van der Waals surface area contributed by atoms with Crippen LogP contribution in [-0.4, -0.2) is 83.5 Å². The molecule has 2 heterocycles. The normalized spacial score (nSPS) is 17.4. The number of carbonyl (C=O) groups excluding carboxylic acids is 2. The number of hydrogen-bond donors (Lipinski definition) is 6. The van der Waals surface area contributed by atoms with Gasteiger partial charge in [0.25, 0.3) is 5.91 Å². The number of thioether (sulfide) groups is 1. The van der Waals surface area contributed by atoms with Crippen molar-refractivity contribution in [3.05, 3.63) is 80.4 Å². The van der Waals surface area contributed by atoms with Crippen LogP contribution in [0.3, 0.4) is 0 Å². The Bertz CT molecular complexity index is 1730. The number of aliphatic hydroxyl groups is 4. The predicted octanol–water partition coefficient (Wildman–Crippen LogP) is 4.43. The summed E-state index contributed by atoms with van der Waals surface area (Å²) >= 11 is 6.75. The first-order valence-corrected chi connectivity index (χ1v) is 15.4. The second-order valence-corrected chi connectivity index (χ2v) is 12.8. The van der Waals surface area contributed by atoms with Crippen LogP contribution in [0.25, 0.3) is 17.2 Å². The molecule has 48 heavy (non-hydrogen) atoms. The Balaban J connectivity index is 1.66. The van der Waals surface area contributed by atoms with Crippen LogP contribution in [0.1, 0.15) is 26.4 Å². The molecular weight excluding hydrogens is 715 g/mol. The summed E-state index contributed by atoms with van der Waals surface area (Å²) in [5.74, 6) is -3.40. The van der Waals surface area contributed by atoms with Gasteiger partial charge in [-0.05, 0) is 71.1 Å². The molecule has 1 aliphatic heterocycles. The van der Waals surface area contributed by atoms with Crippen molar-refractivity contribution in [3.8, 4) is 11.1 Å². The Kier molecular flexibility index (Phi) is 11.0. The first kappa shape index (κ1) is 37.0. The minimum absolute atomic E-state index is 0.00904. The average molecular weight is 737 g/mol. The summed E-state index contributed by atoms with van der Waals surface area (Å²) in [5.41, 5.74) is -3.58. The topological polar surface area (TPSA) is 168 Å². The summed E-state index contributed by atoms with van der Waals surface area (Å²) in [6.07, 6.45) is -15.3. The molecule has 0 aliphatic carbocycles. The number of benzene rings is 2. The highest BCUT2D eigenvalue weighted by Gasteiger charge is 2.47. The highest BCUT2D eigenvalue weighted by molar-refractivity contribution is 8.26. The summed E-state index contributed by atoms with van der Waals surface area (Å²) < 4.78 is 79.9. The van der Waals surface area contributed by atoms with Gasteiger partial charge in [0.15, 0.2) is 0 Å². The second-order valence-electron chi connectivity index (χ2n) is 10.1. The van der Waals surface area contributed by atoms with Gasteiger partial charge < -0.3 is 30.8 Å². The molecule has 1 aromatic heterocycles. The lowest BCUT2D eigenvalue weighted by Gasteiger charge is -2.33. The molecule has 1 saturated heterocycles. The number of aliphatic hydroxyl groups excluding tert-OH is 4. The van der Waals surface area contributed by atoms with Crippen molar-refractivity contribution in [2.24, 2.45) is 0 Å². The van der Waals surface area contributed by atoms with E-state index in [1.807, 2.05) is 0 Å². The van der Waals surface area contributed by atoms with Gasteiger partial charge in [0.2, 0.25) is 5.91 Å². The van der Waals surface area contributed by atoms with E-state index in [-0.39, 0.29) is 37.0 Å². The number of amides is 2. The number of alkyl halides is 6. The molecule has 4 atom stereocenters. The monoisotopic (exact) mass is 736 g/mol. The van der Waals surface area contributed by atoms with E-state index in [1.54, 1.807) is 0 Å². The number of rotatable bonds is 10. The minimum Gasteiger partial charge on any atom is -0.478 e. The van der Waals surface area contributed by atoms with E-state index in [1.165, 1.54) is 29.7 Å². The van der Waals surface area contributed by atoms with Crippen LogP contribution in [-0.2, 0) is 21.9 Å². The zero-order valence-electron chi connectivity index (χ0n) is 23.7. The third-order valence-corrected chi connectivity index (χ3v) is 9.05. The first-order valence-electron chi connectivity index (χ1n) is 13.3. The van der Waals surface area contributed by atoms with Gasteiger partial charge in [-0.3, -0.25) is 14.5 Å². The molecule has 1 fully saturated rings. The van der Waals surface area contributed by atoms with Crippen molar-refractivity contribution in [2.75, 3.05) is 11.9 Å². The SMILES string of the molecule is O=C(O)c1ccc(NC(=O)[C@H]([C@@H](O)[C@H](O)[C@H](O)CO)N2C(=O)C(=Cc3cc(-c4cc(C(F)(F)F)cc(C(F)(F)F)c4)cs3)SC2=S)cc1. The standard InChI is InChI=1S/C29H22F6N2O8S3/c30-28(31,32)15-5-13(6-16(8-15)29(33,34)35)14-7-18(47-11-14)9-20-25(43)37(27(46)48-20)21(23(41)22(40)19(39)10-38)24(42)36-17-3-1-12(2-4-17)26(44)45/h1-9,11,19,21-23,38-41H,10H2,(H,36,42)(H,44,45)/t19-,21+,22-,23-/m1/s1. The van der Waals surface area contributed by atoms with Crippen molar-refractivity contribution in [2.45, 2.75) is 36.7 Å². The number of thiocarbonyl (C=S) groups is 1. The molecule has 19 heteroatoms. The Morgan fingerprint density at radius 2 is 1.50 bits per heavy atom. The van der Waals surface area contributed by atoms with Gasteiger partial charge in [-0.1, -0.05) is 24.0 Å². The van der Waals surface area contributed by atoms with E-state index in [0.29, 0.717) is 28.8 Å². The lowest BCUT2D eigenvalue weighted by molar-refractivity contribution is -0.143. The van der Waals surface area contributed by atoms with E-state index >= 15 is 0 Å². The van der Waals surface area contributed by atoms with E-state index in [4.69, 9.17) is 17.3 Å². The van der Waals surface area contributed by atoms with E-state index in [9.17, 15) is 61.2 Å². The van der Waals surface area contributed by atoms with Gasteiger partial charge in [0.05, 0.1) is 28.2 Å². The molecule has 0 spiro atoms. The molecular formula is C29H22F6N2O8S3. The van der Waals surface area contributed by atoms with Crippen LogP contribution in [0.4, 0.5) is 32.0 Å². The zero-order valence-corrected chi connectivity index (χ0v) is 26.1. The van der Waals surface area contributed by atoms with Crippen molar-refractivity contribution in [1.29, 1.82) is 0 Å². The summed E-state index contributed by atoms with van der Waals surface area (Å²) in [6, 6.07) is 4.99. The lowest BCUT2D eigenvalue weighted by atomic mass is 9.99. The fraction of sp³-hybridized carbons (Fsp3) is 0.241. The van der Waals surface area contributed by atoms with E-state index in [2.05, 4.69) is 5.32 Å². The molecule has 0 radical (unpaired) electrons. The smallest absolute Gasteiger partial charge is 0.416 e. The molecule has 0 saturated carbocycles. The van der Waals surface area contributed by atoms with Crippen molar-refractivity contribution >= 4 is 69.2 Å². The molecule has 0 bridgehead atoms. The van der Waals surface area contributed by atoms with Crippen LogP contribution >= 0.6 is 35.3 Å². The Morgan fingerprint density at radius 1 is 0.917 bits per heavy atom. The molecule has 0 unspecified atom stereocenters. The van der Waals surface area contributed by atoms with Gasteiger partial charge in [0, 0.05) is 10.6 Å². The maximum atomic E-state index is 13.5. The molecule has 10 nitrogen and oxygen atoms in total. The van der Waals surface area contributed by atoms with Gasteiger partial charge in [-0.25, -0.2) is 4.79 Å². The van der Waals surface area contributed by atoms with E-state index in [0.717, 1.165) is 23.5 Å². The highest BCUT2D eigenvalue weighted by Crippen LogP contribution is 2.41. The Hall–Kier alpha value is -3.85. The molecule has 1 aliphatic rings. The minimum atomic E-state index is -5.07. The maximum Gasteiger partial charge on any atom is 0.416 e. The third-order valence-electron chi connectivity index (χ3n) is 6.84. The van der Waals surface area contributed by atoms with Crippen LogP contribution in [0, 0.1) is 0 Å². The lowest BCUT2D eigenvalue weighted by Crippen LogP contribution is -2.58. The fourth-order valence-electron chi connectivity index (χ4n) is 4.41. The van der Waals surface area contributed by atoms with Crippen molar-refractivity contribution in [3.63, 3.8) is 0 Å². The highest BCUT2D eigenvalue weighted by atomic mass is 32.2. The predicted molar refractivity (Wildman–Crippen MR) is 166 cm³/mol. The van der Waals surface area contributed by atoms with Crippen LogP contribution in [0.2, 0.25) is 0 Å². The van der Waals surface area contributed by atoms with Crippen molar-refractivity contribution in [1.82, 2.24) is 4.90 Å². The van der Waals surface area contributed by atoms with Crippen LogP contribution in [0.5, 0.6) is 0 Å². The van der Waals surface area contributed by atoms with Crippen molar-refractivity contribution < 1.29 is 66.3 Å². The summed E-state index contributed by atoms with van der Waals surface area (Å²) in [4.78, 5) is 38.7. The number of carbonyl (C=O) groups is 3. The van der Waals surface area contributed by atoms with Crippen LogP contribution in [0.15, 0.2) is 58.8 Å². The molecule has 6 N–H and O–H groups in total. The second kappa shape index (κ2) is 14.3. The Morgan fingerprint density at radius 3 is 2.02 bits per heavy atom. The van der Waals surface area contributed by atoms with Gasteiger partial charge in [0.1, 0.15) is 28.7 Å². The molecule has 2 amide bonds. The number of carboxylic acids is 1. The van der Waals surface area contributed by atoms with Gasteiger partial charge in [-0.2, -0.15) is 26.3 Å².